The molecule has 0 aromatic carbocycles. The molecule has 0 fully saturated rings. The van der Waals surface area contributed by atoms with Crippen LogP contribution in [0.1, 0.15) is 181 Å². The SMILES string of the molecule is CCCCCCCCCCCCCCON(CCC)OCCCCCCCCCCCCCC. The van der Waals surface area contributed by atoms with Crippen LogP contribution in [0.5, 0.6) is 0 Å². The molecule has 0 unspecified atom stereocenters. The lowest BCUT2D eigenvalue weighted by molar-refractivity contribution is -0.368. The van der Waals surface area contributed by atoms with Crippen LogP contribution in [0.15, 0.2) is 0 Å². The van der Waals surface area contributed by atoms with E-state index in [-0.39, 0.29) is 0 Å². The quantitative estimate of drug-likeness (QED) is 0.0748. The third-order valence-electron chi connectivity index (χ3n) is 6.87. The van der Waals surface area contributed by atoms with E-state index in [2.05, 4.69) is 20.8 Å². The van der Waals surface area contributed by atoms with Gasteiger partial charge in [0.15, 0.2) is 0 Å². The lowest BCUT2D eigenvalue weighted by Gasteiger charge is -2.20. The Morgan fingerprint density at radius 1 is 0.324 bits per heavy atom. The Morgan fingerprint density at radius 3 is 0.853 bits per heavy atom. The monoisotopic (exact) mass is 484 g/mol. The van der Waals surface area contributed by atoms with Crippen LogP contribution in [-0.4, -0.2) is 25.0 Å². The molecule has 0 aromatic rings. The van der Waals surface area contributed by atoms with Crippen molar-refractivity contribution in [1.82, 2.24) is 5.23 Å². The normalized spacial score (nSPS) is 11.6. The van der Waals surface area contributed by atoms with E-state index in [4.69, 9.17) is 9.68 Å². The zero-order chi connectivity index (χ0) is 24.8. The maximum absolute atomic E-state index is 5.89. The molecule has 3 nitrogen and oxygen atoms in total. The van der Waals surface area contributed by atoms with Gasteiger partial charge < -0.3 is 0 Å². The Kier molecular flexibility index (Phi) is 30.8. The third-order valence-corrected chi connectivity index (χ3v) is 6.87. The highest BCUT2D eigenvalue weighted by atomic mass is 16.9. The first-order valence-corrected chi connectivity index (χ1v) is 15.9. The zero-order valence-electron chi connectivity index (χ0n) is 24.1. The molecular weight excluding hydrogens is 418 g/mol. The second kappa shape index (κ2) is 30.9. The average molecular weight is 484 g/mol. The van der Waals surface area contributed by atoms with Gasteiger partial charge in [0.2, 0.25) is 0 Å². The Bertz CT molecular complexity index is 320. The summed E-state index contributed by atoms with van der Waals surface area (Å²) in [5.41, 5.74) is 0. The molecule has 0 aliphatic carbocycles. The Labute approximate surface area is 216 Å². The highest BCUT2D eigenvalue weighted by Crippen LogP contribution is 2.13. The van der Waals surface area contributed by atoms with Crippen LogP contribution in [0.3, 0.4) is 0 Å². The van der Waals surface area contributed by atoms with E-state index >= 15 is 0 Å². The summed E-state index contributed by atoms with van der Waals surface area (Å²) in [4.78, 5) is 11.8. The standard InChI is InChI=1S/C31H65NO2/c1-4-7-9-11-13-15-17-19-21-23-25-27-30-33-32(29-6-3)34-31-28-26-24-22-20-18-16-14-12-10-8-5-2/h4-31H2,1-3H3. The predicted molar refractivity (Wildman–Crippen MR) is 151 cm³/mol. The number of rotatable bonds is 30. The highest BCUT2D eigenvalue weighted by Gasteiger charge is 2.05. The second-order valence-corrected chi connectivity index (χ2v) is 10.5. The van der Waals surface area contributed by atoms with Crippen LogP contribution < -0.4 is 0 Å². The highest BCUT2D eigenvalue weighted by molar-refractivity contribution is 4.50. The molecule has 0 saturated heterocycles. The first-order valence-electron chi connectivity index (χ1n) is 15.9. The molecule has 0 rings (SSSR count). The second-order valence-electron chi connectivity index (χ2n) is 10.5. The Hall–Kier alpha value is -0.120. The van der Waals surface area contributed by atoms with Crippen molar-refractivity contribution in [2.75, 3.05) is 19.8 Å². The van der Waals surface area contributed by atoms with Gasteiger partial charge in [0, 0.05) is 0 Å². The maximum Gasteiger partial charge on any atom is 0.0711 e. The van der Waals surface area contributed by atoms with Crippen LogP contribution >= 0.6 is 0 Å². The van der Waals surface area contributed by atoms with E-state index in [1.165, 1.54) is 141 Å². The number of unbranched alkanes of at least 4 members (excludes halogenated alkanes) is 22. The van der Waals surface area contributed by atoms with Crippen molar-refractivity contribution in [2.24, 2.45) is 0 Å². The van der Waals surface area contributed by atoms with Crippen LogP contribution in [0.2, 0.25) is 0 Å². The van der Waals surface area contributed by atoms with Gasteiger partial charge in [-0.25, -0.2) is 0 Å². The van der Waals surface area contributed by atoms with Gasteiger partial charge in [-0.1, -0.05) is 167 Å². The van der Waals surface area contributed by atoms with Crippen molar-refractivity contribution >= 4 is 0 Å². The fourth-order valence-electron chi connectivity index (χ4n) is 4.57. The number of nitrogens with zero attached hydrogens (tertiary/aromatic N) is 1. The molecule has 0 N–H and O–H groups in total. The van der Waals surface area contributed by atoms with Crippen molar-refractivity contribution in [1.29, 1.82) is 0 Å². The molecule has 0 atom stereocenters. The minimum absolute atomic E-state index is 0.801. The van der Waals surface area contributed by atoms with Gasteiger partial charge in [0.05, 0.1) is 19.8 Å². The maximum atomic E-state index is 5.89. The van der Waals surface area contributed by atoms with Gasteiger partial charge in [-0.3, -0.25) is 9.68 Å². The van der Waals surface area contributed by atoms with Crippen molar-refractivity contribution in [3.8, 4) is 0 Å². The van der Waals surface area contributed by atoms with Gasteiger partial charge >= 0.3 is 0 Å². The molecule has 3 heteroatoms. The summed E-state index contributed by atoms with van der Waals surface area (Å²) in [5, 5.41) is 1.76. The lowest BCUT2D eigenvalue weighted by atomic mass is 10.1. The van der Waals surface area contributed by atoms with E-state index in [9.17, 15) is 0 Å². The number of hydrogen-bond acceptors (Lipinski definition) is 3. The molecule has 206 valence electrons. The average Bonchev–Trinajstić information content (AvgIpc) is 2.84. The molecule has 0 spiro atoms. The summed E-state index contributed by atoms with van der Waals surface area (Å²) in [7, 11) is 0. The van der Waals surface area contributed by atoms with Gasteiger partial charge in [-0.15, -0.1) is 0 Å². The minimum Gasteiger partial charge on any atom is -0.274 e. The summed E-state index contributed by atoms with van der Waals surface area (Å²) >= 11 is 0. The van der Waals surface area contributed by atoms with E-state index in [1.54, 1.807) is 5.23 Å². The predicted octanol–water partition coefficient (Wildman–Crippen LogP) is 11.0. The molecule has 0 amide bonds. The van der Waals surface area contributed by atoms with Gasteiger partial charge in [-0.2, -0.15) is 0 Å². The molecule has 0 bridgehead atoms. The van der Waals surface area contributed by atoms with Crippen molar-refractivity contribution in [3.05, 3.63) is 0 Å². The summed E-state index contributed by atoms with van der Waals surface area (Å²) in [6.45, 7) is 9.25. The van der Waals surface area contributed by atoms with Crippen LogP contribution in [0.4, 0.5) is 0 Å². The number of hydrogen-bond donors (Lipinski definition) is 0. The van der Waals surface area contributed by atoms with Crippen molar-refractivity contribution in [3.63, 3.8) is 0 Å². The third kappa shape index (κ3) is 28.1. The molecular formula is C31H65NO2. The molecule has 34 heavy (non-hydrogen) atoms. The summed E-state index contributed by atoms with van der Waals surface area (Å²) < 4.78 is 0. The Balaban J connectivity index is 3.38. The molecule has 0 saturated carbocycles. The van der Waals surface area contributed by atoms with E-state index in [1.807, 2.05) is 0 Å². The van der Waals surface area contributed by atoms with Crippen LogP contribution in [0.25, 0.3) is 0 Å². The first kappa shape index (κ1) is 33.9. The summed E-state index contributed by atoms with van der Waals surface area (Å²) in [5.74, 6) is 0. The summed E-state index contributed by atoms with van der Waals surface area (Å²) in [6.07, 6.45) is 34.2. The van der Waals surface area contributed by atoms with E-state index in [0.29, 0.717) is 0 Å². The molecule has 0 radical (unpaired) electrons. The molecule has 0 aromatic heterocycles. The van der Waals surface area contributed by atoms with Crippen molar-refractivity contribution < 1.29 is 9.68 Å². The summed E-state index contributed by atoms with van der Waals surface area (Å²) in [6, 6.07) is 0. The van der Waals surface area contributed by atoms with Crippen molar-refractivity contribution in [2.45, 2.75) is 181 Å². The van der Waals surface area contributed by atoms with Gasteiger partial charge in [0.25, 0.3) is 0 Å². The smallest absolute Gasteiger partial charge is 0.0711 e. The fraction of sp³-hybridized carbons (Fsp3) is 1.00. The minimum atomic E-state index is 0.801. The zero-order valence-corrected chi connectivity index (χ0v) is 24.1. The lowest BCUT2D eigenvalue weighted by Crippen LogP contribution is -2.26. The number of hydroxylamine groups is 2. The largest absolute Gasteiger partial charge is 0.274 e. The Morgan fingerprint density at radius 2 is 0.588 bits per heavy atom. The van der Waals surface area contributed by atoms with Gasteiger partial charge in [0.1, 0.15) is 0 Å². The molecule has 0 aliphatic rings. The van der Waals surface area contributed by atoms with Crippen LogP contribution in [-0.2, 0) is 9.68 Å². The van der Waals surface area contributed by atoms with Gasteiger partial charge in [-0.05, 0) is 19.3 Å². The van der Waals surface area contributed by atoms with Crippen LogP contribution in [0, 0.1) is 0 Å². The topological polar surface area (TPSA) is 21.7 Å². The van der Waals surface area contributed by atoms with E-state index in [0.717, 1.165) is 39.0 Å². The van der Waals surface area contributed by atoms with E-state index < -0.39 is 0 Å². The fourth-order valence-corrected chi connectivity index (χ4v) is 4.57. The molecule has 0 aliphatic heterocycles. The molecule has 0 heterocycles. The first-order chi connectivity index (χ1) is 16.8.